The standard InChI is InChI=1S/C24H19N3/c1-14-21(19-12-6-7-13-20(19)25-14)24-26-22-17-10-4-2-8-15(17)16-9-3-5-11-18(16)23(22)27-24/h2-13,22-23,25H,1H3,(H,26,27). The third-order valence-corrected chi connectivity index (χ3v) is 5.87. The number of aryl methyl sites for hydroxylation is 1. The van der Waals surface area contributed by atoms with Gasteiger partial charge >= 0.3 is 0 Å². The first kappa shape index (κ1) is 14.8. The maximum Gasteiger partial charge on any atom is 0.132 e. The molecule has 27 heavy (non-hydrogen) atoms. The maximum atomic E-state index is 5.19. The largest absolute Gasteiger partial charge is 0.360 e. The Morgan fingerprint density at radius 3 is 2.30 bits per heavy atom. The van der Waals surface area contributed by atoms with Gasteiger partial charge in [-0.2, -0.15) is 0 Å². The number of hydrogen-bond acceptors (Lipinski definition) is 2. The van der Waals surface area contributed by atoms with Crippen LogP contribution in [0.5, 0.6) is 0 Å². The number of rotatable bonds is 1. The number of aromatic amines is 1. The van der Waals surface area contributed by atoms with Crippen LogP contribution in [0.4, 0.5) is 0 Å². The van der Waals surface area contributed by atoms with Crippen LogP contribution in [-0.2, 0) is 0 Å². The first-order valence-corrected chi connectivity index (χ1v) is 9.41. The minimum Gasteiger partial charge on any atom is -0.360 e. The van der Waals surface area contributed by atoms with E-state index < -0.39 is 0 Å². The molecule has 6 rings (SSSR count). The second-order valence-corrected chi connectivity index (χ2v) is 7.39. The highest BCUT2D eigenvalue weighted by molar-refractivity contribution is 6.12. The number of para-hydroxylation sites is 1. The van der Waals surface area contributed by atoms with Crippen LogP contribution in [0.2, 0.25) is 0 Å². The number of fused-ring (bicyclic) bond motifs is 7. The molecular weight excluding hydrogens is 330 g/mol. The molecule has 2 N–H and O–H groups in total. The molecule has 4 aromatic rings. The van der Waals surface area contributed by atoms with E-state index in [9.17, 15) is 0 Å². The molecule has 2 heterocycles. The van der Waals surface area contributed by atoms with E-state index in [1.165, 1.54) is 33.2 Å². The molecule has 1 aromatic heterocycles. The summed E-state index contributed by atoms with van der Waals surface area (Å²) >= 11 is 0. The van der Waals surface area contributed by atoms with Gasteiger partial charge in [-0.3, -0.25) is 4.99 Å². The van der Waals surface area contributed by atoms with Gasteiger partial charge in [-0.15, -0.1) is 0 Å². The average Bonchev–Trinajstić information content (AvgIpc) is 3.28. The minimum atomic E-state index is 0.110. The van der Waals surface area contributed by atoms with E-state index in [0.717, 1.165) is 17.0 Å². The van der Waals surface area contributed by atoms with Gasteiger partial charge < -0.3 is 10.3 Å². The Bertz CT molecular complexity index is 1230. The first-order chi connectivity index (χ1) is 13.3. The number of aromatic nitrogens is 1. The van der Waals surface area contributed by atoms with E-state index in [1.54, 1.807) is 0 Å². The third-order valence-electron chi connectivity index (χ3n) is 5.87. The van der Waals surface area contributed by atoms with Crippen LogP contribution in [-0.4, -0.2) is 10.8 Å². The van der Waals surface area contributed by atoms with Gasteiger partial charge in [-0.05, 0) is 35.2 Å². The van der Waals surface area contributed by atoms with E-state index >= 15 is 0 Å². The number of hydrogen-bond donors (Lipinski definition) is 2. The lowest BCUT2D eigenvalue weighted by Crippen LogP contribution is -2.27. The Hall–Kier alpha value is -3.33. The van der Waals surface area contributed by atoms with E-state index in [4.69, 9.17) is 4.99 Å². The Kier molecular flexibility index (Phi) is 2.92. The molecule has 1 aliphatic carbocycles. The van der Waals surface area contributed by atoms with Crippen LogP contribution in [0.15, 0.2) is 77.8 Å². The van der Waals surface area contributed by atoms with Crippen LogP contribution >= 0.6 is 0 Å². The third kappa shape index (κ3) is 2.00. The fraction of sp³-hybridized carbons (Fsp3) is 0.125. The van der Waals surface area contributed by atoms with Crippen LogP contribution in [0.3, 0.4) is 0 Å². The van der Waals surface area contributed by atoms with Gasteiger partial charge in [0.1, 0.15) is 11.9 Å². The van der Waals surface area contributed by atoms with E-state index in [-0.39, 0.29) is 12.1 Å². The number of nitrogens with zero attached hydrogens (tertiary/aromatic N) is 1. The summed E-state index contributed by atoms with van der Waals surface area (Å²) in [7, 11) is 0. The number of H-pyrrole nitrogens is 1. The van der Waals surface area contributed by atoms with Crippen LogP contribution in [0, 0.1) is 6.92 Å². The maximum absolute atomic E-state index is 5.19. The van der Waals surface area contributed by atoms with Crippen molar-refractivity contribution in [2.45, 2.75) is 19.0 Å². The van der Waals surface area contributed by atoms with Crippen molar-refractivity contribution in [1.82, 2.24) is 10.3 Å². The zero-order valence-corrected chi connectivity index (χ0v) is 15.0. The van der Waals surface area contributed by atoms with Gasteiger partial charge in [0.2, 0.25) is 0 Å². The Labute approximate surface area is 157 Å². The van der Waals surface area contributed by atoms with Gasteiger partial charge in [0.25, 0.3) is 0 Å². The molecule has 0 radical (unpaired) electrons. The van der Waals surface area contributed by atoms with Gasteiger partial charge in [0.05, 0.1) is 6.04 Å². The van der Waals surface area contributed by atoms with E-state index in [1.807, 2.05) is 0 Å². The lowest BCUT2D eigenvalue weighted by atomic mass is 9.80. The average molecular weight is 349 g/mol. The number of amidine groups is 1. The summed E-state index contributed by atoms with van der Waals surface area (Å²) in [6.07, 6.45) is 0. The normalized spacial score (nSPS) is 19.8. The lowest BCUT2D eigenvalue weighted by molar-refractivity contribution is 0.566. The SMILES string of the molecule is Cc1[nH]c2ccccc2c1C1=NC2c3ccccc3-c3ccccc3C2N1. The van der Waals surface area contributed by atoms with Gasteiger partial charge in [-0.25, -0.2) is 0 Å². The van der Waals surface area contributed by atoms with Crippen molar-refractivity contribution in [2.24, 2.45) is 4.99 Å². The van der Waals surface area contributed by atoms with Crippen molar-refractivity contribution in [3.05, 3.63) is 95.2 Å². The van der Waals surface area contributed by atoms with Crippen molar-refractivity contribution in [1.29, 1.82) is 0 Å². The molecule has 2 atom stereocenters. The topological polar surface area (TPSA) is 40.2 Å². The van der Waals surface area contributed by atoms with Gasteiger partial charge in [-0.1, -0.05) is 66.7 Å². The van der Waals surface area contributed by atoms with E-state index in [0.29, 0.717) is 0 Å². The smallest absolute Gasteiger partial charge is 0.132 e. The molecule has 0 spiro atoms. The van der Waals surface area contributed by atoms with Crippen LogP contribution in [0.1, 0.15) is 34.5 Å². The molecule has 0 amide bonds. The van der Waals surface area contributed by atoms with Gasteiger partial charge in [0, 0.05) is 22.2 Å². The zero-order chi connectivity index (χ0) is 18.0. The summed E-state index contributed by atoms with van der Waals surface area (Å²) < 4.78 is 0. The highest BCUT2D eigenvalue weighted by Crippen LogP contribution is 2.48. The summed E-state index contributed by atoms with van der Waals surface area (Å²) in [5.41, 5.74) is 8.76. The monoisotopic (exact) mass is 349 g/mol. The first-order valence-electron chi connectivity index (χ1n) is 9.41. The highest BCUT2D eigenvalue weighted by Gasteiger charge is 2.38. The molecule has 1 aliphatic heterocycles. The molecule has 2 unspecified atom stereocenters. The predicted molar refractivity (Wildman–Crippen MR) is 110 cm³/mol. The zero-order valence-electron chi connectivity index (χ0n) is 15.0. The molecule has 2 aliphatic rings. The molecule has 0 saturated heterocycles. The lowest BCUT2D eigenvalue weighted by Gasteiger charge is -2.29. The quantitative estimate of drug-likeness (QED) is 0.482. The Balaban J connectivity index is 1.57. The molecule has 130 valence electrons. The second kappa shape index (κ2) is 5.34. The predicted octanol–water partition coefficient (Wildman–Crippen LogP) is 5.29. The molecular formula is C24H19N3. The molecule has 0 fully saturated rings. The van der Waals surface area contributed by atoms with E-state index in [2.05, 4.69) is 90.0 Å². The van der Waals surface area contributed by atoms with Crippen molar-refractivity contribution in [2.75, 3.05) is 0 Å². The Morgan fingerprint density at radius 2 is 1.44 bits per heavy atom. The van der Waals surface area contributed by atoms with Crippen molar-refractivity contribution in [3.63, 3.8) is 0 Å². The number of nitrogens with one attached hydrogen (secondary N) is 2. The van der Waals surface area contributed by atoms with Crippen molar-refractivity contribution >= 4 is 16.7 Å². The van der Waals surface area contributed by atoms with Crippen molar-refractivity contribution < 1.29 is 0 Å². The second-order valence-electron chi connectivity index (χ2n) is 7.39. The fourth-order valence-corrected chi connectivity index (χ4v) is 4.71. The summed E-state index contributed by atoms with van der Waals surface area (Å²) in [6.45, 7) is 2.13. The summed E-state index contributed by atoms with van der Waals surface area (Å²) in [6, 6.07) is 26.1. The molecule has 3 nitrogen and oxygen atoms in total. The number of aliphatic imine (C=N–C) groups is 1. The number of benzene rings is 3. The highest BCUT2D eigenvalue weighted by atomic mass is 15.1. The summed E-state index contributed by atoms with van der Waals surface area (Å²) in [4.78, 5) is 8.69. The van der Waals surface area contributed by atoms with Crippen LogP contribution in [0.25, 0.3) is 22.0 Å². The van der Waals surface area contributed by atoms with Crippen molar-refractivity contribution in [3.8, 4) is 11.1 Å². The summed E-state index contributed by atoms with van der Waals surface area (Å²) in [5.74, 6) is 0.992. The summed E-state index contributed by atoms with van der Waals surface area (Å²) in [5, 5.41) is 4.98. The van der Waals surface area contributed by atoms with Gasteiger partial charge in [0.15, 0.2) is 0 Å². The van der Waals surface area contributed by atoms with Crippen LogP contribution < -0.4 is 5.32 Å². The molecule has 0 bridgehead atoms. The molecule has 0 saturated carbocycles. The minimum absolute atomic E-state index is 0.110. The fourth-order valence-electron chi connectivity index (χ4n) is 4.71. The molecule has 3 aromatic carbocycles. The molecule has 3 heteroatoms. The Morgan fingerprint density at radius 1 is 0.778 bits per heavy atom.